The highest BCUT2D eigenvalue weighted by molar-refractivity contribution is 5.58. The Hall–Kier alpha value is -1.84. The first-order valence-electron chi connectivity index (χ1n) is 9.63. The molecular weight excluding hydrogens is 380 g/mol. The number of hydrogen-bond acceptors (Lipinski definition) is 8. The van der Waals surface area contributed by atoms with Crippen molar-refractivity contribution in [1.29, 1.82) is 0 Å². The second-order valence-corrected chi connectivity index (χ2v) is 7.19. The highest BCUT2D eigenvalue weighted by Gasteiger charge is 2.47. The summed E-state index contributed by atoms with van der Waals surface area (Å²) in [5.41, 5.74) is 1.93. The van der Waals surface area contributed by atoms with Gasteiger partial charge in [0.15, 0.2) is 0 Å². The van der Waals surface area contributed by atoms with E-state index >= 15 is 0 Å². The predicted molar refractivity (Wildman–Crippen MR) is 102 cm³/mol. The lowest BCUT2D eigenvalue weighted by Crippen LogP contribution is -2.52. The van der Waals surface area contributed by atoms with Crippen LogP contribution in [0.2, 0.25) is 0 Å². The van der Waals surface area contributed by atoms with Crippen LogP contribution in [0.4, 0.5) is 0 Å². The van der Waals surface area contributed by atoms with Crippen LogP contribution in [0.3, 0.4) is 0 Å². The van der Waals surface area contributed by atoms with Crippen LogP contribution in [0.5, 0.6) is 11.5 Å². The third-order valence-electron chi connectivity index (χ3n) is 5.71. The van der Waals surface area contributed by atoms with Crippen molar-refractivity contribution in [3.63, 3.8) is 0 Å². The topological polar surface area (TPSA) is 73.8 Å². The highest BCUT2D eigenvalue weighted by atomic mass is 16.7. The molecule has 160 valence electrons. The molecule has 0 amide bonds. The number of ether oxygens (including phenoxy) is 8. The smallest absolute Gasteiger partial charge is 0.202 e. The molecule has 1 saturated heterocycles. The standard InChI is InChI=1S/C21H28O8/c1-22-10-16-20(26-5)14(25-4)9-17(28-16)27-15-8-13-18-11(23-2)6-7-12(24-3)19(18)21(15)29-13/h6-8,13-14,16-17,20-21H,9-10H2,1-5H3/t13?,14-,16-,17-,20+,21?/m1/s1. The second-order valence-electron chi connectivity index (χ2n) is 7.19. The van der Waals surface area contributed by atoms with Crippen molar-refractivity contribution in [3.8, 4) is 11.5 Å². The molecular formula is C21H28O8. The highest BCUT2D eigenvalue weighted by Crippen LogP contribution is 2.56. The summed E-state index contributed by atoms with van der Waals surface area (Å²) in [5.74, 6) is 2.24. The number of methoxy groups -OCH3 is 5. The van der Waals surface area contributed by atoms with E-state index in [-0.39, 0.29) is 30.5 Å². The Morgan fingerprint density at radius 1 is 0.931 bits per heavy atom. The van der Waals surface area contributed by atoms with E-state index in [1.54, 1.807) is 35.5 Å². The van der Waals surface area contributed by atoms with Crippen LogP contribution in [0.1, 0.15) is 29.8 Å². The molecule has 0 saturated carbocycles. The molecule has 3 heterocycles. The largest absolute Gasteiger partial charge is 0.496 e. The molecule has 1 aromatic rings. The van der Waals surface area contributed by atoms with Gasteiger partial charge in [-0.15, -0.1) is 0 Å². The van der Waals surface area contributed by atoms with Gasteiger partial charge in [0.2, 0.25) is 6.29 Å². The minimum absolute atomic E-state index is 0.166. The van der Waals surface area contributed by atoms with Gasteiger partial charge in [-0.25, -0.2) is 0 Å². The van der Waals surface area contributed by atoms with Crippen molar-refractivity contribution < 1.29 is 37.9 Å². The predicted octanol–water partition coefficient (Wildman–Crippen LogP) is 2.52. The molecule has 0 aliphatic carbocycles. The second kappa shape index (κ2) is 8.49. The minimum Gasteiger partial charge on any atom is -0.496 e. The van der Waals surface area contributed by atoms with Gasteiger partial charge < -0.3 is 37.9 Å². The normalized spacial score (nSPS) is 32.7. The number of fused-ring (bicyclic) bond motifs is 5. The summed E-state index contributed by atoms with van der Waals surface area (Å²) in [4.78, 5) is 0. The van der Waals surface area contributed by atoms with Crippen LogP contribution in [0.25, 0.3) is 0 Å². The zero-order chi connectivity index (χ0) is 20.5. The van der Waals surface area contributed by atoms with Crippen LogP contribution in [-0.2, 0) is 28.4 Å². The molecule has 0 N–H and O–H groups in total. The molecule has 4 rings (SSSR count). The van der Waals surface area contributed by atoms with E-state index in [0.29, 0.717) is 18.8 Å². The maximum absolute atomic E-state index is 6.24. The molecule has 3 aliphatic heterocycles. The average Bonchev–Trinajstić information content (AvgIpc) is 3.32. The molecule has 6 atom stereocenters. The molecule has 2 bridgehead atoms. The van der Waals surface area contributed by atoms with Gasteiger partial charge >= 0.3 is 0 Å². The van der Waals surface area contributed by atoms with Crippen LogP contribution in [-0.4, -0.2) is 66.8 Å². The average molecular weight is 408 g/mol. The molecule has 0 radical (unpaired) electrons. The lowest BCUT2D eigenvalue weighted by Gasteiger charge is -2.40. The van der Waals surface area contributed by atoms with E-state index in [1.807, 2.05) is 18.2 Å². The van der Waals surface area contributed by atoms with Crippen LogP contribution < -0.4 is 9.47 Å². The molecule has 8 heteroatoms. The molecule has 8 nitrogen and oxygen atoms in total. The van der Waals surface area contributed by atoms with Crippen molar-refractivity contribution >= 4 is 0 Å². The first kappa shape index (κ1) is 20.4. The van der Waals surface area contributed by atoms with Gasteiger partial charge in [-0.3, -0.25) is 0 Å². The van der Waals surface area contributed by atoms with E-state index in [0.717, 1.165) is 22.6 Å². The SMILES string of the molecule is COC[C@H]1O[C@@H](OC2=CC3OC2c2c(OC)ccc(OC)c23)C[C@@H](OC)[C@@H]1OC. The Bertz CT molecular complexity index is 763. The van der Waals surface area contributed by atoms with E-state index in [9.17, 15) is 0 Å². The van der Waals surface area contributed by atoms with Crippen LogP contribution in [0.15, 0.2) is 24.0 Å². The molecule has 0 spiro atoms. The molecule has 1 fully saturated rings. The monoisotopic (exact) mass is 408 g/mol. The molecule has 2 unspecified atom stereocenters. The summed E-state index contributed by atoms with van der Waals surface area (Å²) < 4.78 is 46.1. The van der Waals surface area contributed by atoms with E-state index in [1.165, 1.54) is 0 Å². The summed E-state index contributed by atoms with van der Waals surface area (Å²) in [6.45, 7) is 0.383. The van der Waals surface area contributed by atoms with Crippen molar-refractivity contribution in [3.05, 3.63) is 35.1 Å². The summed E-state index contributed by atoms with van der Waals surface area (Å²) >= 11 is 0. The van der Waals surface area contributed by atoms with Gasteiger partial charge in [0.05, 0.1) is 26.9 Å². The van der Waals surface area contributed by atoms with Gasteiger partial charge in [0.1, 0.15) is 41.7 Å². The first-order valence-corrected chi connectivity index (χ1v) is 9.63. The van der Waals surface area contributed by atoms with Gasteiger partial charge in [-0.2, -0.15) is 0 Å². The first-order chi connectivity index (χ1) is 14.1. The maximum atomic E-state index is 6.24. The number of rotatable bonds is 8. The van der Waals surface area contributed by atoms with E-state index in [2.05, 4.69) is 0 Å². The Kier molecular flexibility index (Phi) is 5.98. The Morgan fingerprint density at radius 3 is 2.28 bits per heavy atom. The summed E-state index contributed by atoms with van der Waals surface area (Å²) in [6.07, 6.45) is 0.719. The van der Waals surface area contributed by atoms with Gasteiger partial charge in [0, 0.05) is 38.9 Å². The zero-order valence-electron chi connectivity index (χ0n) is 17.4. The summed E-state index contributed by atoms with van der Waals surface area (Å²) in [7, 11) is 8.23. The number of benzene rings is 1. The Balaban J connectivity index is 1.54. The quantitative estimate of drug-likeness (QED) is 0.650. The lowest BCUT2D eigenvalue weighted by atomic mass is 9.93. The molecule has 0 aromatic heterocycles. The van der Waals surface area contributed by atoms with Crippen LogP contribution >= 0.6 is 0 Å². The zero-order valence-corrected chi connectivity index (χ0v) is 17.4. The van der Waals surface area contributed by atoms with Gasteiger partial charge in [0.25, 0.3) is 0 Å². The number of hydrogen-bond donors (Lipinski definition) is 0. The summed E-state index contributed by atoms with van der Waals surface area (Å²) in [5, 5.41) is 0. The Labute approximate surface area is 170 Å². The van der Waals surface area contributed by atoms with E-state index < -0.39 is 6.29 Å². The maximum Gasteiger partial charge on any atom is 0.202 e. The molecule has 3 aliphatic rings. The Morgan fingerprint density at radius 2 is 1.66 bits per heavy atom. The third-order valence-corrected chi connectivity index (χ3v) is 5.71. The van der Waals surface area contributed by atoms with Crippen LogP contribution in [0, 0.1) is 0 Å². The fraction of sp³-hybridized carbons (Fsp3) is 0.619. The fourth-order valence-corrected chi connectivity index (χ4v) is 4.42. The van der Waals surface area contributed by atoms with Gasteiger partial charge in [-0.05, 0) is 18.2 Å². The van der Waals surface area contributed by atoms with Crippen molar-refractivity contribution in [2.75, 3.05) is 42.2 Å². The van der Waals surface area contributed by atoms with Crippen molar-refractivity contribution in [2.24, 2.45) is 0 Å². The van der Waals surface area contributed by atoms with E-state index in [4.69, 9.17) is 37.9 Å². The lowest BCUT2D eigenvalue weighted by molar-refractivity contribution is -0.258. The fourth-order valence-electron chi connectivity index (χ4n) is 4.42. The summed E-state index contributed by atoms with van der Waals surface area (Å²) in [6, 6.07) is 3.78. The molecule has 1 aromatic carbocycles. The van der Waals surface area contributed by atoms with Gasteiger partial charge in [-0.1, -0.05) is 0 Å². The molecule has 29 heavy (non-hydrogen) atoms. The van der Waals surface area contributed by atoms with Crippen molar-refractivity contribution in [1.82, 2.24) is 0 Å². The third kappa shape index (κ3) is 3.49. The minimum atomic E-state index is -0.499. The van der Waals surface area contributed by atoms with Crippen molar-refractivity contribution in [2.45, 2.75) is 43.2 Å².